The van der Waals surface area contributed by atoms with Crippen LogP contribution in [0, 0.1) is 11.8 Å². The van der Waals surface area contributed by atoms with E-state index in [1.54, 1.807) is 64.3 Å². The van der Waals surface area contributed by atoms with E-state index in [9.17, 15) is 63.3 Å². The van der Waals surface area contributed by atoms with Gasteiger partial charge in [-0.05, 0) is 73.3 Å². The van der Waals surface area contributed by atoms with Gasteiger partial charge in [0.05, 0.1) is 25.1 Å². The molecule has 73 heavy (non-hydrogen) atoms. The molecule has 0 saturated carbocycles. The molecule has 0 unspecified atom stereocenters. The Balaban J connectivity index is 1.88. The maximum Gasteiger partial charge on any atom is 0.326 e. The lowest BCUT2D eigenvalue weighted by Crippen LogP contribution is -2.62. The van der Waals surface area contributed by atoms with Crippen molar-refractivity contribution in [1.29, 1.82) is 0 Å². The fourth-order valence-electron chi connectivity index (χ4n) is 7.86. The minimum Gasteiger partial charge on any atom is -0.508 e. The number of carboxylic acids is 1. The summed E-state index contributed by atoms with van der Waals surface area (Å²) in [6.45, 7) is 7.34. The largest absolute Gasteiger partial charge is 0.508 e. The van der Waals surface area contributed by atoms with Gasteiger partial charge >= 0.3 is 5.97 Å². The van der Waals surface area contributed by atoms with Crippen molar-refractivity contribution in [3.05, 3.63) is 65.7 Å². The van der Waals surface area contributed by atoms with Crippen LogP contribution in [0.25, 0.3) is 0 Å². The van der Waals surface area contributed by atoms with Gasteiger partial charge in [-0.3, -0.25) is 43.2 Å². The monoisotopic (exact) mass is 1040 g/mol. The highest BCUT2D eigenvalue weighted by Crippen LogP contribution is 2.21. The second-order valence-electron chi connectivity index (χ2n) is 18.4. The number of phenolic OH excluding ortho intramolecular Hbond substituents is 1. The highest BCUT2D eigenvalue weighted by Gasteiger charge is 2.42. The number of nitrogens with zero attached hydrogens (tertiary/aromatic N) is 1. The SMILES string of the molecule is CC[C@H](C)[C@H](NC(=O)[C@H](Cc1ccc(O)cc1)NC(=O)[C@@H]1CCCN1C(=O)[C@@H](NC(=O)[C@H](Cc1ccccc1)NC(=O)[C@H](CCSC)NC(=O)[C@@H](N)CC(N)=O)[C@@H](C)O)C(=O)NCC(=O)N[C@H](C(=O)O)C(C)C. The number of carbonyl (C=O) groups is 10. The fraction of sp³-hybridized carbons (Fsp3) is 0.551. The number of amides is 9. The molecule has 2 aromatic rings. The Morgan fingerprint density at radius 2 is 1.29 bits per heavy atom. The number of carbonyl (C=O) groups excluding carboxylic acids is 9. The normalized spacial score (nSPS) is 16.9. The Bertz CT molecular complexity index is 2240. The highest BCUT2D eigenvalue weighted by atomic mass is 32.2. The molecule has 24 heteroatoms. The van der Waals surface area contributed by atoms with Crippen LogP contribution >= 0.6 is 11.8 Å². The summed E-state index contributed by atoms with van der Waals surface area (Å²) < 4.78 is 0. The quantitative estimate of drug-likeness (QED) is 0.0433. The van der Waals surface area contributed by atoms with Crippen LogP contribution < -0.4 is 48.7 Å². The maximum atomic E-state index is 14.4. The number of hydrogen-bond acceptors (Lipinski definition) is 14. The fourth-order valence-corrected chi connectivity index (χ4v) is 8.34. The van der Waals surface area contributed by atoms with Gasteiger partial charge in [0, 0.05) is 19.4 Å². The molecule has 0 bridgehead atoms. The van der Waals surface area contributed by atoms with Gasteiger partial charge in [-0.2, -0.15) is 11.8 Å². The predicted molar refractivity (Wildman–Crippen MR) is 270 cm³/mol. The number of likely N-dealkylation sites (tertiary alicyclic amines) is 1. The summed E-state index contributed by atoms with van der Waals surface area (Å²) in [5.41, 5.74) is 12.1. The zero-order valence-electron chi connectivity index (χ0n) is 42.1. The summed E-state index contributed by atoms with van der Waals surface area (Å²) in [4.78, 5) is 134. The van der Waals surface area contributed by atoms with E-state index >= 15 is 0 Å². The maximum absolute atomic E-state index is 14.4. The van der Waals surface area contributed by atoms with Gasteiger partial charge in [-0.15, -0.1) is 0 Å². The van der Waals surface area contributed by atoms with Gasteiger partial charge in [0.1, 0.15) is 48.0 Å². The lowest BCUT2D eigenvalue weighted by molar-refractivity contribution is -0.144. The van der Waals surface area contributed by atoms with E-state index in [2.05, 4.69) is 37.2 Å². The van der Waals surface area contributed by atoms with E-state index in [0.29, 0.717) is 29.7 Å². The Morgan fingerprint density at radius 1 is 0.726 bits per heavy atom. The van der Waals surface area contributed by atoms with Crippen LogP contribution in [-0.2, 0) is 60.8 Å². The van der Waals surface area contributed by atoms with Crippen molar-refractivity contribution < 1.29 is 63.3 Å². The summed E-state index contributed by atoms with van der Waals surface area (Å²) in [6.07, 6.45) is 0.450. The third-order valence-corrected chi connectivity index (χ3v) is 12.9. The van der Waals surface area contributed by atoms with Gasteiger partial charge in [-0.1, -0.05) is 76.6 Å². The first-order chi connectivity index (χ1) is 34.5. The lowest BCUT2D eigenvalue weighted by Gasteiger charge is -2.32. The Hall–Kier alpha value is -6.79. The molecule has 1 aliphatic rings. The third-order valence-electron chi connectivity index (χ3n) is 12.3. The van der Waals surface area contributed by atoms with Gasteiger partial charge in [0.25, 0.3) is 0 Å². The Kier molecular flexibility index (Phi) is 24.6. The molecule has 1 heterocycles. The van der Waals surface area contributed by atoms with Crippen molar-refractivity contribution in [3.63, 3.8) is 0 Å². The molecule has 23 nitrogen and oxygen atoms in total. The van der Waals surface area contributed by atoms with Crippen LogP contribution in [-0.4, -0.2) is 159 Å². The lowest BCUT2D eigenvalue weighted by atomic mass is 9.97. The first-order valence-corrected chi connectivity index (χ1v) is 25.5. The van der Waals surface area contributed by atoms with E-state index in [-0.39, 0.29) is 38.0 Å². The summed E-state index contributed by atoms with van der Waals surface area (Å²) >= 11 is 1.38. The number of phenols is 1. The van der Waals surface area contributed by atoms with Crippen LogP contribution in [0.4, 0.5) is 0 Å². The summed E-state index contributed by atoms with van der Waals surface area (Å²) in [5.74, 6) is -9.14. The molecular weight excluding hydrogens is 969 g/mol. The number of nitrogens with one attached hydrogen (secondary N) is 7. The van der Waals surface area contributed by atoms with E-state index < -0.39 is 138 Å². The molecule has 10 atom stereocenters. The minimum absolute atomic E-state index is 0.0118. The van der Waals surface area contributed by atoms with Crippen LogP contribution in [0.15, 0.2) is 54.6 Å². The van der Waals surface area contributed by atoms with Crippen molar-refractivity contribution in [2.24, 2.45) is 23.3 Å². The van der Waals surface area contributed by atoms with Gasteiger partial charge in [-0.25, -0.2) is 4.79 Å². The molecule has 14 N–H and O–H groups in total. The number of aliphatic hydroxyl groups excluding tert-OH is 1. The smallest absolute Gasteiger partial charge is 0.326 e. The number of carboxylic acid groups (broad SMARTS) is 1. The number of aliphatic carboxylic acids is 1. The van der Waals surface area contributed by atoms with E-state index in [0.717, 1.165) is 0 Å². The molecule has 402 valence electrons. The molecule has 0 radical (unpaired) electrons. The minimum atomic E-state index is -1.65. The van der Waals surface area contributed by atoms with Crippen molar-refractivity contribution in [2.75, 3.05) is 25.1 Å². The van der Waals surface area contributed by atoms with E-state index in [4.69, 9.17) is 11.5 Å². The second kappa shape index (κ2) is 29.7. The van der Waals surface area contributed by atoms with Crippen LogP contribution in [0.1, 0.15) is 77.8 Å². The zero-order chi connectivity index (χ0) is 54.5. The average molecular weight is 1040 g/mol. The van der Waals surface area contributed by atoms with Gasteiger partial charge < -0.3 is 68.9 Å². The summed E-state index contributed by atoms with van der Waals surface area (Å²) in [5, 5.41) is 48.4. The van der Waals surface area contributed by atoms with Crippen LogP contribution in [0.3, 0.4) is 0 Å². The van der Waals surface area contributed by atoms with Crippen molar-refractivity contribution in [3.8, 4) is 5.75 Å². The van der Waals surface area contributed by atoms with Crippen molar-refractivity contribution in [1.82, 2.24) is 42.1 Å². The molecule has 1 fully saturated rings. The number of aromatic hydroxyl groups is 1. The Morgan fingerprint density at radius 3 is 1.84 bits per heavy atom. The number of thioether (sulfide) groups is 1. The number of hydrogen-bond donors (Lipinski definition) is 12. The predicted octanol–water partition coefficient (Wildman–Crippen LogP) is -1.68. The molecule has 1 aliphatic heterocycles. The molecule has 2 aromatic carbocycles. The van der Waals surface area contributed by atoms with Gasteiger partial charge in [0.2, 0.25) is 53.2 Å². The number of primary amides is 1. The van der Waals surface area contributed by atoms with E-state index in [1.807, 2.05) is 0 Å². The zero-order valence-corrected chi connectivity index (χ0v) is 42.9. The molecule has 1 saturated heterocycles. The standard InChI is InChI=1S/C49H72N10O13S/c1-7-27(4)40(47(69)52-25-38(63)56-39(26(2)3)49(71)72)57-44(66)35(23-30-15-17-31(61)18-16-30)55-46(68)36-14-11-20-59(36)48(70)41(28(5)60)58-45(67)34(22-29-12-9-8-10-13-29)54-43(65)33(19-21-73-6)53-42(64)32(50)24-37(51)62/h8-10,12-13,15-18,26-28,32-36,39-41,60-61H,7,11,14,19-25,50H2,1-6H3,(H2,51,62)(H,52,69)(H,53,64)(H,54,65)(H,55,68)(H,56,63)(H,57,66)(H,58,67)(H,71,72)/t27-,28+,32-,33-,34-,35-,36-,39-,40-,41-/m0/s1. The second-order valence-corrected chi connectivity index (χ2v) is 19.4. The molecule has 0 spiro atoms. The molecule has 3 rings (SSSR count). The number of rotatable bonds is 29. The first-order valence-electron chi connectivity index (χ1n) is 24.1. The Labute approximate surface area is 428 Å². The van der Waals surface area contributed by atoms with Crippen LogP contribution in [0.2, 0.25) is 0 Å². The first kappa shape index (κ1) is 60.5. The highest BCUT2D eigenvalue weighted by molar-refractivity contribution is 7.98. The van der Waals surface area contributed by atoms with E-state index in [1.165, 1.54) is 47.9 Å². The number of benzene rings is 2. The topological polar surface area (TPSA) is 371 Å². The molecule has 9 amide bonds. The number of nitrogens with two attached hydrogens (primary N) is 2. The summed E-state index contributed by atoms with van der Waals surface area (Å²) in [6, 6.07) is 3.80. The third kappa shape index (κ3) is 19.3. The molecule has 0 aliphatic carbocycles. The van der Waals surface area contributed by atoms with Crippen molar-refractivity contribution in [2.45, 2.75) is 134 Å². The molecular formula is C49H72N10O13S. The number of aliphatic hydroxyl groups is 1. The van der Waals surface area contributed by atoms with Crippen molar-refractivity contribution >= 4 is 70.9 Å². The van der Waals surface area contributed by atoms with Crippen LogP contribution in [0.5, 0.6) is 5.75 Å². The molecule has 0 aromatic heterocycles. The average Bonchev–Trinajstić information content (AvgIpc) is 3.84. The van der Waals surface area contributed by atoms with Gasteiger partial charge in [0.15, 0.2) is 0 Å². The summed E-state index contributed by atoms with van der Waals surface area (Å²) in [7, 11) is 0.